The molecule has 0 saturated carbocycles. The fourth-order valence-electron chi connectivity index (χ4n) is 3.70. The van der Waals surface area contributed by atoms with Crippen LogP contribution in [-0.4, -0.2) is 48.9 Å². The van der Waals surface area contributed by atoms with Gasteiger partial charge in [-0.1, -0.05) is 12.1 Å². The number of fused-ring (bicyclic) bond motifs is 1. The van der Waals surface area contributed by atoms with Crippen molar-refractivity contribution in [2.24, 2.45) is 0 Å². The summed E-state index contributed by atoms with van der Waals surface area (Å²) in [5, 5.41) is 17.7. The summed E-state index contributed by atoms with van der Waals surface area (Å²) >= 11 is 0. The van der Waals surface area contributed by atoms with Crippen LogP contribution in [0.2, 0.25) is 0 Å². The van der Waals surface area contributed by atoms with Gasteiger partial charge in [-0.3, -0.25) is 4.90 Å². The van der Waals surface area contributed by atoms with Crippen molar-refractivity contribution in [3.05, 3.63) is 42.0 Å². The van der Waals surface area contributed by atoms with E-state index in [0.717, 1.165) is 22.4 Å². The van der Waals surface area contributed by atoms with Crippen LogP contribution in [0.4, 0.5) is 0 Å². The average molecular weight is 341 g/mol. The SMILES string of the molecule is Cc1nccn1C1(C(=O)O)CCN(Cc2cccc3nonc23)CC1. The lowest BCUT2D eigenvalue weighted by Gasteiger charge is -2.40. The van der Waals surface area contributed by atoms with E-state index in [9.17, 15) is 9.90 Å². The first-order chi connectivity index (χ1) is 12.1. The van der Waals surface area contributed by atoms with Gasteiger partial charge >= 0.3 is 5.97 Å². The molecule has 0 radical (unpaired) electrons. The van der Waals surface area contributed by atoms with Gasteiger partial charge in [0.25, 0.3) is 0 Å². The lowest BCUT2D eigenvalue weighted by molar-refractivity contribution is -0.150. The second-order valence-electron chi connectivity index (χ2n) is 6.51. The topological polar surface area (TPSA) is 97.3 Å². The highest BCUT2D eigenvalue weighted by Crippen LogP contribution is 2.32. The molecule has 1 aliphatic rings. The van der Waals surface area contributed by atoms with E-state index in [0.29, 0.717) is 32.5 Å². The Bertz CT molecular complexity index is 908. The van der Waals surface area contributed by atoms with Gasteiger partial charge in [0.15, 0.2) is 0 Å². The number of hydrogen-bond acceptors (Lipinski definition) is 6. The molecule has 1 aromatic carbocycles. The number of aryl methyl sites for hydroxylation is 1. The predicted octanol–water partition coefficient (Wildman–Crippen LogP) is 1.80. The smallest absolute Gasteiger partial charge is 0.330 e. The standard InChI is InChI=1S/C17H19N5O3/c1-12-18-7-10-22(12)17(16(23)24)5-8-21(9-6-17)11-13-3-2-4-14-15(13)20-25-19-14/h2-4,7,10H,5-6,8-9,11H2,1H3,(H,23,24). The highest BCUT2D eigenvalue weighted by atomic mass is 16.6. The van der Waals surface area contributed by atoms with E-state index in [1.54, 1.807) is 17.0 Å². The number of rotatable bonds is 4. The van der Waals surface area contributed by atoms with Crippen LogP contribution in [0.25, 0.3) is 11.0 Å². The highest BCUT2D eigenvalue weighted by molar-refractivity contribution is 5.77. The Kier molecular flexibility index (Phi) is 3.76. The normalized spacial score (nSPS) is 17.8. The number of aliphatic carboxylic acids is 1. The number of likely N-dealkylation sites (tertiary alicyclic amines) is 1. The van der Waals surface area contributed by atoms with Crippen molar-refractivity contribution in [2.75, 3.05) is 13.1 Å². The molecule has 1 N–H and O–H groups in total. The summed E-state index contributed by atoms with van der Waals surface area (Å²) in [7, 11) is 0. The first-order valence-electron chi connectivity index (χ1n) is 8.26. The Labute approximate surface area is 144 Å². The van der Waals surface area contributed by atoms with Crippen molar-refractivity contribution in [2.45, 2.75) is 31.8 Å². The third kappa shape index (κ3) is 2.58. The zero-order valence-electron chi connectivity index (χ0n) is 13.9. The van der Waals surface area contributed by atoms with Gasteiger partial charge in [0.05, 0.1) is 0 Å². The molecule has 8 heteroatoms. The van der Waals surface area contributed by atoms with Crippen LogP contribution in [0.5, 0.6) is 0 Å². The fourth-order valence-corrected chi connectivity index (χ4v) is 3.70. The summed E-state index contributed by atoms with van der Waals surface area (Å²) in [5.74, 6) is -0.0645. The number of hydrogen-bond donors (Lipinski definition) is 1. The summed E-state index contributed by atoms with van der Waals surface area (Å²) < 4.78 is 6.62. The maximum Gasteiger partial charge on any atom is 0.330 e. The van der Waals surface area contributed by atoms with Gasteiger partial charge in [-0.05, 0) is 41.7 Å². The first kappa shape index (κ1) is 15.8. The van der Waals surface area contributed by atoms with Gasteiger partial charge in [0, 0.05) is 32.0 Å². The van der Waals surface area contributed by atoms with Crippen LogP contribution in [0.3, 0.4) is 0 Å². The van der Waals surface area contributed by atoms with Crippen LogP contribution in [0.15, 0.2) is 35.2 Å². The quantitative estimate of drug-likeness (QED) is 0.773. The highest BCUT2D eigenvalue weighted by Gasteiger charge is 2.43. The summed E-state index contributed by atoms with van der Waals surface area (Å²) in [4.78, 5) is 18.5. The van der Waals surface area contributed by atoms with E-state index in [1.165, 1.54) is 0 Å². The van der Waals surface area contributed by atoms with Crippen molar-refractivity contribution in [1.29, 1.82) is 0 Å². The van der Waals surface area contributed by atoms with Crippen molar-refractivity contribution in [3.63, 3.8) is 0 Å². The minimum absolute atomic E-state index is 0.534. The molecule has 0 aliphatic carbocycles. The summed E-state index contributed by atoms with van der Waals surface area (Å²) in [5.41, 5.74) is 1.63. The first-order valence-corrected chi connectivity index (χ1v) is 8.26. The molecule has 1 fully saturated rings. The maximum absolute atomic E-state index is 12.0. The number of carbonyl (C=O) groups is 1. The molecule has 25 heavy (non-hydrogen) atoms. The molecule has 0 bridgehead atoms. The van der Waals surface area contributed by atoms with E-state index in [4.69, 9.17) is 4.63 Å². The van der Waals surface area contributed by atoms with Crippen LogP contribution >= 0.6 is 0 Å². The van der Waals surface area contributed by atoms with E-state index in [1.807, 2.05) is 25.1 Å². The predicted molar refractivity (Wildman–Crippen MR) is 88.9 cm³/mol. The molecule has 3 heterocycles. The van der Waals surface area contributed by atoms with Gasteiger partial charge in [-0.15, -0.1) is 0 Å². The number of aromatic nitrogens is 4. The van der Waals surface area contributed by atoms with Crippen LogP contribution in [0.1, 0.15) is 24.2 Å². The van der Waals surface area contributed by atoms with Gasteiger partial charge in [0.2, 0.25) is 0 Å². The van der Waals surface area contributed by atoms with Crippen molar-refractivity contribution in [1.82, 2.24) is 24.8 Å². The molecule has 0 unspecified atom stereocenters. The zero-order chi connectivity index (χ0) is 17.4. The third-order valence-corrected chi connectivity index (χ3v) is 5.13. The molecule has 1 saturated heterocycles. The number of imidazole rings is 1. The van der Waals surface area contributed by atoms with Crippen molar-refractivity contribution in [3.8, 4) is 0 Å². The molecule has 2 aromatic heterocycles. The van der Waals surface area contributed by atoms with E-state index < -0.39 is 11.5 Å². The van der Waals surface area contributed by atoms with Crippen LogP contribution < -0.4 is 0 Å². The number of carboxylic acids is 1. The summed E-state index contributed by atoms with van der Waals surface area (Å²) in [6.07, 6.45) is 4.49. The summed E-state index contributed by atoms with van der Waals surface area (Å²) in [6.45, 7) is 3.91. The lowest BCUT2D eigenvalue weighted by atomic mass is 9.86. The number of carboxylic acid groups (broad SMARTS) is 1. The Morgan fingerprint density at radius 3 is 2.80 bits per heavy atom. The molecule has 1 aliphatic heterocycles. The molecule has 130 valence electrons. The molecule has 8 nitrogen and oxygen atoms in total. The average Bonchev–Trinajstić information content (AvgIpc) is 3.25. The second-order valence-corrected chi connectivity index (χ2v) is 6.51. The number of piperidine rings is 1. The van der Waals surface area contributed by atoms with Gasteiger partial charge < -0.3 is 9.67 Å². The Morgan fingerprint density at radius 2 is 2.12 bits per heavy atom. The zero-order valence-corrected chi connectivity index (χ0v) is 13.9. The molecular weight excluding hydrogens is 322 g/mol. The molecule has 0 amide bonds. The number of nitrogens with zero attached hydrogens (tertiary/aromatic N) is 5. The van der Waals surface area contributed by atoms with E-state index in [2.05, 4.69) is 20.2 Å². The largest absolute Gasteiger partial charge is 0.479 e. The minimum Gasteiger partial charge on any atom is -0.479 e. The molecular formula is C17H19N5O3. The lowest BCUT2D eigenvalue weighted by Crippen LogP contribution is -2.51. The van der Waals surface area contributed by atoms with Crippen molar-refractivity contribution >= 4 is 17.0 Å². The molecule has 4 rings (SSSR count). The fraction of sp³-hybridized carbons (Fsp3) is 0.412. The van der Waals surface area contributed by atoms with Gasteiger partial charge in [-0.25, -0.2) is 14.4 Å². The van der Waals surface area contributed by atoms with Crippen molar-refractivity contribution < 1.29 is 14.5 Å². The van der Waals surface area contributed by atoms with Gasteiger partial charge in [-0.2, -0.15) is 0 Å². The Hall–Kier alpha value is -2.74. The minimum atomic E-state index is -0.918. The second kappa shape index (κ2) is 5.96. The maximum atomic E-state index is 12.0. The third-order valence-electron chi connectivity index (χ3n) is 5.13. The molecule has 0 spiro atoms. The Balaban J connectivity index is 1.53. The Morgan fingerprint density at radius 1 is 1.32 bits per heavy atom. The van der Waals surface area contributed by atoms with E-state index >= 15 is 0 Å². The monoisotopic (exact) mass is 341 g/mol. The molecule has 3 aromatic rings. The van der Waals surface area contributed by atoms with Crippen LogP contribution in [-0.2, 0) is 16.9 Å². The van der Waals surface area contributed by atoms with Crippen LogP contribution in [0, 0.1) is 6.92 Å². The number of benzene rings is 1. The summed E-state index contributed by atoms with van der Waals surface area (Å²) in [6, 6.07) is 5.80. The van der Waals surface area contributed by atoms with E-state index in [-0.39, 0.29) is 0 Å². The molecule has 0 atom stereocenters. The van der Waals surface area contributed by atoms with Gasteiger partial charge in [0.1, 0.15) is 22.4 Å².